The molecule has 0 bridgehead atoms. The Kier molecular flexibility index (Phi) is 40.0. The van der Waals surface area contributed by atoms with E-state index in [0.29, 0.717) is 12.8 Å². The number of aliphatic hydroxyl groups is 11. The van der Waals surface area contributed by atoms with E-state index < -0.39 is 124 Å². The Morgan fingerprint density at radius 3 is 1.32 bits per heavy atom. The maximum atomic E-state index is 13.3. The van der Waals surface area contributed by atoms with Crippen molar-refractivity contribution in [2.45, 2.75) is 285 Å². The summed E-state index contributed by atoms with van der Waals surface area (Å²) in [5.41, 5.74) is 0. The Labute approximate surface area is 483 Å². The first-order valence-electron chi connectivity index (χ1n) is 30.7. The lowest BCUT2D eigenvalue weighted by molar-refractivity contribution is -0.379. The molecule has 19 heteroatoms. The van der Waals surface area contributed by atoms with E-state index in [1.54, 1.807) is 6.08 Å². The van der Waals surface area contributed by atoms with Gasteiger partial charge in [0, 0.05) is 6.42 Å². The van der Waals surface area contributed by atoms with Gasteiger partial charge in [0.15, 0.2) is 18.9 Å². The number of rotatable bonds is 44. The van der Waals surface area contributed by atoms with Gasteiger partial charge < -0.3 is 89.9 Å². The number of hydrogen-bond donors (Lipinski definition) is 12. The molecule has 19 nitrogen and oxygen atoms in total. The van der Waals surface area contributed by atoms with Crippen LogP contribution in [0.25, 0.3) is 0 Å². The van der Waals surface area contributed by atoms with Crippen molar-refractivity contribution in [3.8, 4) is 0 Å². The minimum Gasteiger partial charge on any atom is -0.394 e. The van der Waals surface area contributed by atoms with Gasteiger partial charge in [-0.1, -0.05) is 189 Å². The molecule has 0 spiro atoms. The number of unbranched alkanes of at least 4 members (excludes halogenated alkanes) is 18. The second-order valence-corrected chi connectivity index (χ2v) is 21.8. The quantitative estimate of drug-likeness (QED) is 0.0253. The molecule has 81 heavy (non-hydrogen) atoms. The topological polar surface area (TPSA) is 307 Å². The fourth-order valence-electron chi connectivity index (χ4n) is 9.99. The Hall–Kier alpha value is -2.77. The molecule has 0 aliphatic carbocycles. The normalized spacial score (nSPS) is 30.3. The van der Waals surface area contributed by atoms with E-state index in [1.165, 1.54) is 89.9 Å². The van der Waals surface area contributed by atoms with Gasteiger partial charge in [-0.15, -0.1) is 0 Å². The van der Waals surface area contributed by atoms with Crippen LogP contribution in [0.1, 0.15) is 181 Å². The van der Waals surface area contributed by atoms with Gasteiger partial charge in [-0.05, 0) is 57.8 Å². The SMILES string of the molecule is CC/C=C\C/C=C\C/C=C\C/C=C\C/C=C\CCCC(=O)NC(COC1OC(CO)C(OC2OC(CO)C(OC3OC(CO)C(O)C(O)C3O)C(O)C2O)C(O)C1O)C(O)/C=C/CCCCCCCCCCCCCCCCCCC. The van der Waals surface area contributed by atoms with E-state index >= 15 is 0 Å². The van der Waals surface area contributed by atoms with Gasteiger partial charge >= 0.3 is 0 Å². The van der Waals surface area contributed by atoms with Gasteiger partial charge in [-0.3, -0.25) is 4.79 Å². The minimum absolute atomic E-state index is 0.162. The molecule has 3 aliphatic heterocycles. The lowest BCUT2D eigenvalue weighted by Crippen LogP contribution is -2.66. The van der Waals surface area contributed by atoms with Crippen LogP contribution in [-0.2, 0) is 33.2 Å². The number of hydrogen-bond acceptors (Lipinski definition) is 18. The van der Waals surface area contributed by atoms with Gasteiger partial charge in [0.25, 0.3) is 0 Å². The van der Waals surface area contributed by atoms with Crippen LogP contribution in [0.15, 0.2) is 72.9 Å². The molecule has 0 aromatic heterocycles. The Morgan fingerprint density at radius 1 is 0.457 bits per heavy atom. The third-order valence-electron chi connectivity index (χ3n) is 15.0. The number of allylic oxidation sites excluding steroid dienone is 11. The van der Waals surface area contributed by atoms with E-state index in [9.17, 15) is 61.0 Å². The number of nitrogens with one attached hydrogen (secondary N) is 1. The van der Waals surface area contributed by atoms with Crippen LogP contribution in [0.5, 0.6) is 0 Å². The highest BCUT2D eigenvalue weighted by Crippen LogP contribution is 2.33. The summed E-state index contributed by atoms with van der Waals surface area (Å²) in [5, 5.41) is 120. The van der Waals surface area contributed by atoms with Crippen LogP contribution >= 0.6 is 0 Å². The zero-order valence-corrected chi connectivity index (χ0v) is 48.7. The van der Waals surface area contributed by atoms with Gasteiger partial charge in [0.2, 0.25) is 5.91 Å². The largest absolute Gasteiger partial charge is 0.394 e. The summed E-state index contributed by atoms with van der Waals surface area (Å²) >= 11 is 0. The van der Waals surface area contributed by atoms with Gasteiger partial charge in [0.1, 0.15) is 73.2 Å². The van der Waals surface area contributed by atoms with Gasteiger partial charge in [-0.25, -0.2) is 0 Å². The molecule has 3 saturated heterocycles. The van der Waals surface area contributed by atoms with E-state index in [0.717, 1.165) is 57.8 Å². The third-order valence-corrected chi connectivity index (χ3v) is 15.0. The molecule has 3 heterocycles. The maximum Gasteiger partial charge on any atom is 0.220 e. The standard InChI is InChI=1S/C62H107NO18/c1-3-5-7-9-11-13-15-17-19-21-22-24-25-27-29-31-33-35-37-39-46(67)45(63-50(68)40-38-36-34-32-30-28-26-23-20-18-16-14-12-10-8-6-4-2)44-76-60-56(74)53(71)58(48(42-65)78-60)81-62-57(75)54(72)59(49(43-66)79-62)80-61-55(73)52(70)51(69)47(41-64)77-61/h6,8,12,14,18,20,26,28,32,34,37,39,45-49,51-62,64-67,69-75H,3-5,7,9-11,13,15-17,19,21-25,27,29-31,33,35-36,38,40-44H2,1-2H3,(H,63,68)/b8-6-,14-12-,20-18-,28-26-,34-32-,39-37+. The number of carbonyl (C=O) groups excluding carboxylic acids is 1. The first-order valence-corrected chi connectivity index (χ1v) is 30.7. The van der Waals surface area contributed by atoms with Crippen LogP contribution in [0.3, 0.4) is 0 Å². The molecule has 1 amide bonds. The summed E-state index contributed by atoms with van der Waals surface area (Å²) in [7, 11) is 0. The molecule has 0 saturated carbocycles. The average Bonchev–Trinajstić information content (AvgIpc) is 3.47. The fraction of sp³-hybridized carbons (Fsp3) is 0.790. The first kappa shape index (κ1) is 72.5. The lowest BCUT2D eigenvalue weighted by atomic mass is 9.96. The van der Waals surface area contributed by atoms with Crippen LogP contribution in [0.4, 0.5) is 0 Å². The molecule has 3 aliphatic rings. The van der Waals surface area contributed by atoms with Crippen molar-refractivity contribution in [1.82, 2.24) is 5.32 Å². The molecule has 0 aromatic carbocycles. The summed E-state index contributed by atoms with van der Waals surface area (Å²) in [6.45, 7) is 1.56. The van der Waals surface area contributed by atoms with E-state index in [4.69, 9.17) is 28.4 Å². The second kappa shape index (κ2) is 44.7. The molecule has 3 rings (SSSR count). The summed E-state index contributed by atoms with van der Waals surface area (Å²) in [6, 6.07) is -1.01. The lowest BCUT2D eigenvalue weighted by Gasteiger charge is -2.48. The Bertz CT molecular complexity index is 1760. The molecule has 0 radical (unpaired) electrons. The number of carbonyl (C=O) groups is 1. The number of amides is 1. The average molecular weight is 1150 g/mol. The van der Waals surface area contributed by atoms with E-state index in [1.807, 2.05) is 12.2 Å². The van der Waals surface area contributed by atoms with Crippen molar-refractivity contribution in [1.29, 1.82) is 0 Å². The molecular formula is C62H107NO18. The van der Waals surface area contributed by atoms with Crippen LogP contribution in [0, 0.1) is 0 Å². The second-order valence-electron chi connectivity index (χ2n) is 21.8. The van der Waals surface area contributed by atoms with E-state index in [2.05, 4.69) is 73.8 Å². The first-order chi connectivity index (χ1) is 39.3. The predicted octanol–water partition coefficient (Wildman–Crippen LogP) is 5.82. The van der Waals surface area contributed by atoms with Crippen molar-refractivity contribution in [2.75, 3.05) is 26.4 Å². The zero-order valence-electron chi connectivity index (χ0n) is 48.7. The Balaban J connectivity index is 1.52. The smallest absolute Gasteiger partial charge is 0.220 e. The highest BCUT2D eigenvalue weighted by molar-refractivity contribution is 5.76. The van der Waals surface area contributed by atoms with Gasteiger partial charge in [0.05, 0.1) is 38.6 Å². The molecule has 17 unspecified atom stereocenters. The van der Waals surface area contributed by atoms with Crippen LogP contribution < -0.4 is 5.32 Å². The monoisotopic (exact) mass is 1150 g/mol. The summed E-state index contributed by atoms with van der Waals surface area (Å²) < 4.78 is 34.2. The molecular weight excluding hydrogens is 1050 g/mol. The molecule has 3 fully saturated rings. The molecule has 468 valence electrons. The number of aliphatic hydroxyl groups excluding tert-OH is 11. The van der Waals surface area contributed by atoms with Crippen LogP contribution in [0.2, 0.25) is 0 Å². The molecule has 12 N–H and O–H groups in total. The Morgan fingerprint density at radius 2 is 0.852 bits per heavy atom. The third kappa shape index (κ3) is 28.3. The highest BCUT2D eigenvalue weighted by atomic mass is 16.8. The minimum atomic E-state index is -1.99. The van der Waals surface area contributed by atoms with Gasteiger partial charge in [-0.2, -0.15) is 0 Å². The molecule has 0 aromatic rings. The van der Waals surface area contributed by atoms with Crippen molar-refractivity contribution in [2.24, 2.45) is 0 Å². The van der Waals surface area contributed by atoms with Crippen molar-refractivity contribution in [3.63, 3.8) is 0 Å². The van der Waals surface area contributed by atoms with E-state index in [-0.39, 0.29) is 18.9 Å². The number of ether oxygens (including phenoxy) is 6. The summed E-state index contributed by atoms with van der Waals surface area (Å²) in [5.74, 6) is -0.335. The maximum absolute atomic E-state index is 13.3. The predicted molar refractivity (Wildman–Crippen MR) is 309 cm³/mol. The fourth-order valence-corrected chi connectivity index (χ4v) is 9.99. The molecule has 17 atom stereocenters. The summed E-state index contributed by atoms with van der Waals surface area (Å²) in [4.78, 5) is 13.3. The van der Waals surface area contributed by atoms with Crippen molar-refractivity contribution < 1.29 is 89.4 Å². The summed E-state index contributed by atoms with van der Waals surface area (Å²) in [6.07, 6.45) is 26.0. The van der Waals surface area contributed by atoms with Crippen molar-refractivity contribution in [3.05, 3.63) is 72.9 Å². The highest BCUT2D eigenvalue weighted by Gasteiger charge is 2.53. The van der Waals surface area contributed by atoms with Crippen molar-refractivity contribution >= 4 is 5.91 Å². The zero-order chi connectivity index (χ0) is 59.0. The van der Waals surface area contributed by atoms with Crippen LogP contribution in [-0.4, -0.2) is 193 Å².